The first kappa shape index (κ1) is 25.8. The standard InChI is InChI=1S/C30H27ClN2O4S/c1-3-28-29(22-7-5-4-6-8-22)32(30(34)33(28)38(35,36)27-19-9-21(2)10-20-27)24-13-17-26(18-14-24)37-25-15-11-23(31)12-16-25/h4-20,28-29H,3H2,1-2H3/t28-,29-/m0/s1. The van der Waals surface area contributed by atoms with Gasteiger partial charge < -0.3 is 4.74 Å². The molecule has 0 aromatic heterocycles. The van der Waals surface area contributed by atoms with Gasteiger partial charge in [0.15, 0.2) is 0 Å². The maximum Gasteiger partial charge on any atom is 0.339 e. The quantitative estimate of drug-likeness (QED) is 0.239. The number of ether oxygens (including phenoxy) is 1. The second-order valence-corrected chi connectivity index (χ2v) is 11.4. The molecule has 0 aliphatic carbocycles. The van der Waals surface area contributed by atoms with E-state index in [0.717, 1.165) is 15.4 Å². The summed E-state index contributed by atoms with van der Waals surface area (Å²) < 4.78 is 34.6. The highest BCUT2D eigenvalue weighted by molar-refractivity contribution is 7.89. The number of hydrogen-bond acceptors (Lipinski definition) is 4. The highest BCUT2D eigenvalue weighted by Gasteiger charge is 2.51. The molecule has 1 aliphatic rings. The third-order valence-corrected chi connectivity index (χ3v) is 8.70. The van der Waals surface area contributed by atoms with Crippen LogP contribution in [-0.2, 0) is 10.0 Å². The van der Waals surface area contributed by atoms with E-state index in [-0.39, 0.29) is 4.90 Å². The molecule has 5 rings (SSSR count). The number of amides is 2. The molecule has 6 nitrogen and oxygen atoms in total. The van der Waals surface area contributed by atoms with E-state index in [9.17, 15) is 13.2 Å². The average Bonchev–Trinajstić information content (AvgIpc) is 3.24. The number of carbonyl (C=O) groups excluding carboxylic acids is 1. The fraction of sp³-hybridized carbons (Fsp3) is 0.167. The van der Waals surface area contributed by atoms with Gasteiger partial charge in [-0.15, -0.1) is 0 Å². The van der Waals surface area contributed by atoms with Crippen molar-refractivity contribution < 1.29 is 17.9 Å². The number of benzene rings is 4. The molecule has 0 spiro atoms. The summed E-state index contributed by atoms with van der Waals surface area (Å²) in [6.45, 7) is 3.79. The second kappa shape index (κ2) is 10.5. The Morgan fingerprint density at radius 3 is 1.97 bits per heavy atom. The van der Waals surface area contributed by atoms with Crippen LogP contribution >= 0.6 is 11.6 Å². The molecule has 1 fully saturated rings. The Morgan fingerprint density at radius 1 is 0.816 bits per heavy atom. The Balaban J connectivity index is 1.54. The van der Waals surface area contributed by atoms with E-state index in [2.05, 4.69) is 0 Å². The third-order valence-electron chi connectivity index (χ3n) is 6.64. The zero-order chi connectivity index (χ0) is 26.9. The Hall–Kier alpha value is -3.81. The fourth-order valence-corrected chi connectivity index (χ4v) is 6.51. The molecule has 0 saturated carbocycles. The monoisotopic (exact) mass is 546 g/mol. The van der Waals surface area contributed by atoms with Gasteiger partial charge in [0.1, 0.15) is 11.5 Å². The largest absolute Gasteiger partial charge is 0.457 e. The zero-order valence-corrected chi connectivity index (χ0v) is 22.6. The van der Waals surface area contributed by atoms with Crippen molar-refractivity contribution in [3.05, 3.63) is 119 Å². The number of halogens is 1. The first-order chi connectivity index (χ1) is 18.3. The average molecular weight is 547 g/mol. The van der Waals surface area contributed by atoms with Crippen LogP contribution in [0.15, 0.2) is 108 Å². The number of aryl methyl sites for hydroxylation is 1. The van der Waals surface area contributed by atoms with Crippen molar-refractivity contribution in [2.75, 3.05) is 4.90 Å². The van der Waals surface area contributed by atoms with Gasteiger partial charge >= 0.3 is 6.03 Å². The van der Waals surface area contributed by atoms with E-state index >= 15 is 0 Å². The summed E-state index contributed by atoms with van der Waals surface area (Å²) in [5.41, 5.74) is 2.37. The van der Waals surface area contributed by atoms with Crippen LogP contribution in [0.2, 0.25) is 5.02 Å². The van der Waals surface area contributed by atoms with E-state index in [0.29, 0.717) is 28.6 Å². The molecule has 1 saturated heterocycles. The van der Waals surface area contributed by atoms with E-state index in [1.807, 2.05) is 44.2 Å². The van der Waals surface area contributed by atoms with Gasteiger partial charge in [-0.05, 0) is 79.6 Å². The van der Waals surface area contributed by atoms with E-state index < -0.39 is 28.1 Å². The molecule has 0 unspecified atom stereocenters. The van der Waals surface area contributed by atoms with Crippen molar-refractivity contribution in [1.82, 2.24) is 4.31 Å². The first-order valence-electron chi connectivity index (χ1n) is 12.3. The molecule has 4 aromatic carbocycles. The highest BCUT2D eigenvalue weighted by Crippen LogP contribution is 2.43. The van der Waals surface area contributed by atoms with E-state index in [1.165, 1.54) is 0 Å². The van der Waals surface area contributed by atoms with Crippen molar-refractivity contribution in [3.63, 3.8) is 0 Å². The van der Waals surface area contributed by atoms with Gasteiger partial charge in [-0.25, -0.2) is 17.5 Å². The first-order valence-corrected chi connectivity index (χ1v) is 14.1. The summed E-state index contributed by atoms with van der Waals surface area (Å²) in [6.07, 6.45) is 0.449. The Bertz CT molecular complexity index is 1520. The molecular weight excluding hydrogens is 520 g/mol. The summed E-state index contributed by atoms with van der Waals surface area (Å²) in [4.78, 5) is 15.6. The molecule has 0 N–H and O–H groups in total. The number of carbonyl (C=O) groups is 1. The summed E-state index contributed by atoms with van der Waals surface area (Å²) in [7, 11) is -4.09. The minimum absolute atomic E-state index is 0.0928. The van der Waals surface area contributed by atoms with Crippen molar-refractivity contribution in [2.45, 2.75) is 37.2 Å². The van der Waals surface area contributed by atoms with Crippen LogP contribution in [-0.4, -0.2) is 24.8 Å². The van der Waals surface area contributed by atoms with E-state index in [1.54, 1.807) is 77.7 Å². The Morgan fingerprint density at radius 2 is 1.39 bits per heavy atom. The smallest absolute Gasteiger partial charge is 0.339 e. The van der Waals surface area contributed by atoms with Gasteiger partial charge in [-0.3, -0.25) is 4.90 Å². The van der Waals surface area contributed by atoms with Crippen LogP contribution in [0.3, 0.4) is 0 Å². The molecule has 2 amide bonds. The molecule has 4 aromatic rings. The molecule has 0 bridgehead atoms. The topological polar surface area (TPSA) is 66.9 Å². The van der Waals surface area contributed by atoms with Crippen LogP contribution in [0.4, 0.5) is 10.5 Å². The maximum absolute atomic E-state index is 14.0. The SMILES string of the molecule is CC[C@H]1[C@H](c2ccccc2)N(c2ccc(Oc3ccc(Cl)cc3)cc2)C(=O)N1S(=O)(=O)c1ccc(C)cc1. The highest BCUT2D eigenvalue weighted by atomic mass is 35.5. The lowest BCUT2D eigenvalue weighted by Gasteiger charge is -2.27. The molecule has 38 heavy (non-hydrogen) atoms. The molecule has 1 aliphatic heterocycles. The predicted octanol–water partition coefficient (Wildman–Crippen LogP) is 7.59. The molecule has 2 atom stereocenters. The van der Waals surface area contributed by atoms with Crippen molar-refractivity contribution in [2.24, 2.45) is 0 Å². The third kappa shape index (κ3) is 4.87. The number of urea groups is 1. The lowest BCUT2D eigenvalue weighted by atomic mass is 9.97. The molecule has 1 heterocycles. The maximum atomic E-state index is 14.0. The van der Waals surface area contributed by atoms with Crippen LogP contribution < -0.4 is 9.64 Å². The lowest BCUT2D eigenvalue weighted by molar-refractivity contribution is 0.233. The molecule has 194 valence electrons. The minimum atomic E-state index is -4.09. The van der Waals surface area contributed by atoms with Gasteiger partial charge in [0, 0.05) is 10.7 Å². The molecule has 0 radical (unpaired) electrons. The van der Waals surface area contributed by atoms with Gasteiger partial charge in [0.2, 0.25) is 0 Å². The molecule has 8 heteroatoms. The number of rotatable bonds is 7. The number of nitrogens with zero attached hydrogens (tertiary/aromatic N) is 2. The van der Waals surface area contributed by atoms with Gasteiger partial charge in [-0.1, -0.05) is 66.6 Å². The Labute approximate surface area is 228 Å². The second-order valence-electron chi connectivity index (χ2n) is 9.15. The summed E-state index contributed by atoms with van der Waals surface area (Å²) >= 11 is 5.96. The van der Waals surface area contributed by atoms with Crippen LogP contribution in [0.1, 0.15) is 30.5 Å². The zero-order valence-electron chi connectivity index (χ0n) is 21.0. The summed E-state index contributed by atoms with van der Waals surface area (Å²) in [5, 5.41) is 0.614. The Kier molecular flexibility index (Phi) is 7.15. The van der Waals surface area contributed by atoms with Crippen molar-refractivity contribution >= 4 is 33.3 Å². The minimum Gasteiger partial charge on any atom is -0.457 e. The van der Waals surface area contributed by atoms with Crippen LogP contribution in [0, 0.1) is 6.92 Å². The van der Waals surface area contributed by atoms with Gasteiger partial charge in [0.05, 0.1) is 17.0 Å². The molecular formula is C30H27ClN2O4S. The number of sulfonamides is 1. The number of hydrogen-bond donors (Lipinski definition) is 0. The fourth-order valence-electron chi connectivity index (χ4n) is 4.77. The van der Waals surface area contributed by atoms with Crippen LogP contribution in [0.5, 0.6) is 11.5 Å². The predicted molar refractivity (Wildman–Crippen MR) is 149 cm³/mol. The van der Waals surface area contributed by atoms with E-state index in [4.69, 9.17) is 16.3 Å². The normalized spacial score (nSPS) is 17.6. The summed E-state index contributed by atoms with van der Waals surface area (Å²) in [6, 6.07) is 28.5. The summed E-state index contributed by atoms with van der Waals surface area (Å²) in [5.74, 6) is 1.21. The van der Waals surface area contributed by atoms with Crippen molar-refractivity contribution in [1.29, 1.82) is 0 Å². The van der Waals surface area contributed by atoms with Gasteiger partial charge in [0.25, 0.3) is 10.0 Å². The van der Waals surface area contributed by atoms with Gasteiger partial charge in [-0.2, -0.15) is 0 Å². The lowest BCUT2D eigenvalue weighted by Crippen LogP contribution is -2.40. The van der Waals surface area contributed by atoms with Crippen molar-refractivity contribution in [3.8, 4) is 11.5 Å². The van der Waals surface area contributed by atoms with Crippen LogP contribution in [0.25, 0.3) is 0 Å². The number of anilines is 1.